The molecule has 0 spiro atoms. The average molecular weight is 180 g/mol. The Labute approximate surface area is 81.2 Å². The van der Waals surface area contributed by atoms with E-state index in [0.29, 0.717) is 5.92 Å². The third-order valence-corrected chi connectivity index (χ3v) is 3.18. The average Bonchev–Trinajstić information content (AvgIpc) is 2.19. The van der Waals surface area contributed by atoms with Crippen LogP contribution in [-0.2, 0) is 4.79 Å². The molecule has 0 aliphatic heterocycles. The number of hydrogen-bond donors (Lipinski definition) is 0. The Hall–Kier alpha value is -0.590. The molecule has 1 aliphatic rings. The lowest BCUT2D eigenvalue weighted by atomic mass is 9.77. The highest BCUT2D eigenvalue weighted by Gasteiger charge is 2.21. The van der Waals surface area contributed by atoms with Crippen LogP contribution in [0.3, 0.4) is 0 Å². The maximum absolute atomic E-state index is 10.5. The molecule has 0 saturated heterocycles. The van der Waals surface area contributed by atoms with E-state index in [1.807, 2.05) is 6.08 Å². The molecular formula is C12H20O. The van der Waals surface area contributed by atoms with E-state index in [-0.39, 0.29) is 0 Å². The van der Waals surface area contributed by atoms with Gasteiger partial charge in [-0.25, -0.2) is 0 Å². The number of rotatable bonds is 5. The van der Waals surface area contributed by atoms with Gasteiger partial charge in [0.25, 0.3) is 0 Å². The van der Waals surface area contributed by atoms with Gasteiger partial charge in [0.2, 0.25) is 0 Å². The van der Waals surface area contributed by atoms with Gasteiger partial charge >= 0.3 is 0 Å². The van der Waals surface area contributed by atoms with Gasteiger partial charge in [0.05, 0.1) is 0 Å². The topological polar surface area (TPSA) is 17.1 Å². The third kappa shape index (κ3) is 3.33. The number of hydrogen-bond acceptors (Lipinski definition) is 1. The van der Waals surface area contributed by atoms with Gasteiger partial charge in [0.1, 0.15) is 6.29 Å². The van der Waals surface area contributed by atoms with Crippen molar-refractivity contribution in [3.05, 3.63) is 12.7 Å². The molecule has 1 atom stereocenters. The summed E-state index contributed by atoms with van der Waals surface area (Å²) in [5.41, 5.74) is 0. The second kappa shape index (κ2) is 5.95. The van der Waals surface area contributed by atoms with Crippen molar-refractivity contribution in [2.24, 2.45) is 11.8 Å². The van der Waals surface area contributed by atoms with Crippen molar-refractivity contribution >= 4 is 6.29 Å². The Kier molecular flexibility index (Phi) is 4.81. The zero-order valence-corrected chi connectivity index (χ0v) is 8.37. The Balaban J connectivity index is 2.40. The SMILES string of the molecule is C=CC[C@@H](CC=O)C1CCCCC1. The third-order valence-electron chi connectivity index (χ3n) is 3.18. The maximum atomic E-state index is 10.5. The first-order chi connectivity index (χ1) is 6.38. The van der Waals surface area contributed by atoms with Gasteiger partial charge < -0.3 is 4.79 Å². The molecule has 1 aliphatic carbocycles. The molecule has 0 aromatic carbocycles. The summed E-state index contributed by atoms with van der Waals surface area (Å²) in [6.45, 7) is 3.76. The van der Waals surface area contributed by atoms with Crippen LogP contribution < -0.4 is 0 Å². The second-order valence-corrected chi connectivity index (χ2v) is 4.08. The molecule has 0 bridgehead atoms. The van der Waals surface area contributed by atoms with E-state index < -0.39 is 0 Å². The van der Waals surface area contributed by atoms with Crippen molar-refractivity contribution < 1.29 is 4.79 Å². The monoisotopic (exact) mass is 180 g/mol. The van der Waals surface area contributed by atoms with E-state index in [1.165, 1.54) is 32.1 Å². The predicted octanol–water partition coefficient (Wildman–Crippen LogP) is 3.35. The van der Waals surface area contributed by atoms with E-state index in [9.17, 15) is 4.79 Å². The van der Waals surface area contributed by atoms with Crippen LogP contribution in [0.1, 0.15) is 44.9 Å². The van der Waals surface area contributed by atoms with Crippen LogP contribution in [0.2, 0.25) is 0 Å². The Morgan fingerprint density at radius 2 is 1.92 bits per heavy atom. The van der Waals surface area contributed by atoms with Gasteiger partial charge in [-0.15, -0.1) is 6.58 Å². The highest BCUT2D eigenvalue weighted by Crippen LogP contribution is 2.33. The highest BCUT2D eigenvalue weighted by molar-refractivity contribution is 5.49. The number of allylic oxidation sites excluding steroid dienone is 1. The van der Waals surface area contributed by atoms with Crippen molar-refractivity contribution in [2.45, 2.75) is 44.9 Å². The minimum Gasteiger partial charge on any atom is -0.303 e. The molecule has 0 aromatic heterocycles. The van der Waals surface area contributed by atoms with Gasteiger partial charge in [0, 0.05) is 6.42 Å². The van der Waals surface area contributed by atoms with E-state index in [2.05, 4.69) is 6.58 Å². The largest absolute Gasteiger partial charge is 0.303 e. The van der Waals surface area contributed by atoms with Crippen LogP contribution in [0.4, 0.5) is 0 Å². The van der Waals surface area contributed by atoms with E-state index in [4.69, 9.17) is 0 Å². The first-order valence-electron chi connectivity index (χ1n) is 5.43. The van der Waals surface area contributed by atoms with Crippen LogP contribution in [-0.4, -0.2) is 6.29 Å². The van der Waals surface area contributed by atoms with E-state index >= 15 is 0 Å². The van der Waals surface area contributed by atoms with Crippen molar-refractivity contribution in [3.63, 3.8) is 0 Å². The quantitative estimate of drug-likeness (QED) is 0.468. The molecule has 1 fully saturated rings. The summed E-state index contributed by atoms with van der Waals surface area (Å²) in [5.74, 6) is 1.37. The van der Waals surface area contributed by atoms with Crippen LogP contribution in [0.15, 0.2) is 12.7 Å². The van der Waals surface area contributed by atoms with Gasteiger partial charge in [-0.1, -0.05) is 38.2 Å². The summed E-state index contributed by atoms with van der Waals surface area (Å²) in [6.07, 6.45) is 11.5. The van der Waals surface area contributed by atoms with Gasteiger partial charge in [-0.2, -0.15) is 0 Å². The summed E-state index contributed by atoms with van der Waals surface area (Å²) in [7, 11) is 0. The molecule has 0 aromatic rings. The van der Waals surface area contributed by atoms with Gasteiger partial charge in [-0.05, 0) is 18.3 Å². The summed E-state index contributed by atoms with van der Waals surface area (Å²) in [6, 6.07) is 0. The molecule has 1 nitrogen and oxygen atoms in total. The van der Waals surface area contributed by atoms with Crippen molar-refractivity contribution in [2.75, 3.05) is 0 Å². The highest BCUT2D eigenvalue weighted by atomic mass is 16.1. The molecule has 13 heavy (non-hydrogen) atoms. The fourth-order valence-corrected chi connectivity index (χ4v) is 2.42. The van der Waals surface area contributed by atoms with Gasteiger partial charge in [0.15, 0.2) is 0 Å². The van der Waals surface area contributed by atoms with Gasteiger partial charge in [-0.3, -0.25) is 0 Å². The van der Waals surface area contributed by atoms with Crippen molar-refractivity contribution in [3.8, 4) is 0 Å². The zero-order chi connectivity index (χ0) is 9.52. The van der Waals surface area contributed by atoms with Crippen LogP contribution in [0.25, 0.3) is 0 Å². The van der Waals surface area contributed by atoms with Crippen LogP contribution >= 0.6 is 0 Å². The molecule has 1 saturated carbocycles. The molecule has 74 valence electrons. The fraction of sp³-hybridized carbons (Fsp3) is 0.750. The molecule has 0 radical (unpaired) electrons. The normalized spacial score (nSPS) is 20.9. The van der Waals surface area contributed by atoms with E-state index in [1.54, 1.807) is 0 Å². The Morgan fingerprint density at radius 1 is 1.23 bits per heavy atom. The lowest BCUT2D eigenvalue weighted by Gasteiger charge is -2.28. The molecule has 0 unspecified atom stereocenters. The smallest absolute Gasteiger partial charge is 0.120 e. The molecule has 1 rings (SSSR count). The van der Waals surface area contributed by atoms with Crippen molar-refractivity contribution in [1.82, 2.24) is 0 Å². The summed E-state index contributed by atoms with van der Waals surface area (Å²) < 4.78 is 0. The molecule has 0 amide bonds. The van der Waals surface area contributed by atoms with Crippen molar-refractivity contribution in [1.29, 1.82) is 0 Å². The molecular weight excluding hydrogens is 160 g/mol. The van der Waals surface area contributed by atoms with Crippen LogP contribution in [0, 0.1) is 11.8 Å². The van der Waals surface area contributed by atoms with E-state index in [0.717, 1.165) is 25.0 Å². The standard InChI is InChI=1S/C12H20O/c1-2-6-11(9-10-13)12-7-4-3-5-8-12/h2,10-12H,1,3-9H2/t11-/m0/s1. The summed E-state index contributed by atoms with van der Waals surface area (Å²) >= 11 is 0. The number of carbonyl (C=O) groups is 1. The predicted molar refractivity (Wildman–Crippen MR) is 55.6 cm³/mol. The molecule has 0 heterocycles. The number of aldehydes is 1. The minimum atomic E-state index is 0.579. The molecule has 0 N–H and O–H groups in total. The molecule has 1 heteroatoms. The lowest BCUT2D eigenvalue weighted by Crippen LogP contribution is -2.17. The first kappa shape index (κ1) is 10.5. The lowest BCUT2D eigenvalue weighted by molar-refractivity contribution is -0.109. The fourth-order valence-electron chi connectivity index (χ4n) is 2.42. The summed E-state index contributed by atoms with van der Waals surface area (Å²) in [5, 5.41) is 0. The second-order valence-electron chi connectivity index (χ2n) is 4.08. The Morgan fingerprint density at radius 3 is 2.46 bits per heavy atom. The minimum absolute atomic E-state index is 0.579. The maximum Gasteiger partial charge on any atom is 0.120 e. The Bertz CT molecular complexity index is 147. The number of carbonyl (C=O) groups excluding carboxylic acids is 1. The zero-order valence-electron chi connectivity index (χ0n) is 8.37. The first-order valence-corrected chi connectivity index (χ1v) is 5.43. The van der Waals surface area contributed by atoms with Crippen LogP contribution in [0.5, 0.6) is 0 Å². The summed E-state index contributed by atoms with van der Waals surface area (Å²) in [4.78, 5) is 10.5.